The first kappa shape index (κ1) is 37.0. The number of rotatable bonds is 0. The molecule has 0 heterocycles. The Hall–Kier alpha value is 2.31. The van der Waals surface area contributed by atoms with Crippen LogP contribution in [0.3, 0.4) is 0 Å². The number of hydrogen-bond acceptors (Lipinski definition) is 12. The predicted octanol–water partition coefficient (Wildman–Crippen LogP) is -7.66. The second-order valence-electron chi connectivity index (χ2n) is 1.22. The minimum absolute atomic E-state index is 0. The molecular formula is HAl2KO12S3. The Balaban J connectivity index is -0.0000000206. The van der Waals surface area contributed by atoms with Crippen molar-refractivity contribution in [1.82, 2.24) is 0 Å². The largest absolute Gasteiger partial charge is 3.00 e. The average Bonchev–Trinajstić information content (AvgIpc) is 1.41. The van der Waals surface area contributed by atoms with Crippen LogP contribution in [0, 0.1) is 0 Å². The van der Waals surface area contributed by atoms with Crippen molar-refractivity contribution in [2.75, 3.05) is 0 Å². The van der Waals surface area contributed by atoms with E-state index in [0.29, 0.717) is 0 Å². The monoisotopic (exact) mass is 382 g/mol. The summed E-state index contributed by atoms with van der Waals surface area (Å²) >= 11 is 0. The zero-order chi connectivity index (χ0) is 13.5. The van der Waals surface area contributed by atoms with Gasteiger partial charge in [0.1, 0.15) is 0 Å². The van der Waals surface area contributed by atoms with Gasteiger partial charge in [0.05, 0.1) is 0 Å². The summed E-state index contributed by atoms with van der Waals surface area (Å²) in [6.45, 7) is 0. The topological polar surface area (TPSA) is 241 Å². The summed E-state index contributed by atoms with van der Waals surface area (Å²) in [6, 6.07) is 0. The minimum atomic E-state index is -5.17. The fourth-order valence-corrected chi connectivity index (χ4v) is 0. The molecule has 0 atom stereocenters. The van der Waals surface area contributed by atoms with Crippen LogP contribution in [0.1, 0.15) is 1.43 Å². The van der Waals surface area contributed by atoms with Gasteiger partial charge >= 0.3 is 86.1 Å². The third kappa shape index (κ3) is 1030. The van der Waals surface area contributed by atoms with E-state index in [2.05, 4.69) is 0 Å². The van der Waals surface area contributed by atoms with Gasteiger partial charge in [-0.05, 0) is 0 Å². The van der Waals surface area contributed by atoms with Crippen LogP contribution in [0.5, 0.6) is 0 Å². The Morgan fingerprint density at radius 2 is 0.500 bits per heavy atom. The molecule has 0 aliphatic rings. The fourth-order valence-electron chi connectivity index (χ4n) is 0. The van der Waals surface area contributed by atoms with Crippen molar-refractivity contribution in [3.63, 3.8) is 0 Å². The van der Waals surface area contributed by atoms with Crippen molar-refractivity contribution >= 4 is 65.9 Å². The van der Waals surface area contributed by atoms with Crippen LogP contribution in [-0.4, -0.2) is 87.3 Å². The van der Waals surface area contributed by atoms with E-state index in [1.165, 1.54) is 0 Å². The fraction of sp³-hybridized carbons (Fsp3) is 0. The summed E-state index contributed by atoms with van der Waals surface area (Å²) in [7, 11) is -15.5. The van der Waals surface area contributed by atoms with Crippen LogP contribution in [0.25, 0.3) is 0 Å². The normalized spacial score (nSPS) is 9.67. The molecule has 12 nitrogen and oxygen atoms in total. The summed E-state index contributed by atoms with van der Waals surface area (Å²) in [5.41, 5.74) is 0. The maximum atomic E-state index is 8.52. The maximum absolute atomic E-state index is 8.52. The van der Waals surface area contributed by atoms with Gasteiger partial charge in [-0.1, -0.05) is 0 Å². The van der Waals surface area contributed by atoms with Gasteiger partial charge in [0, 0.05) is 31.2 Å². The summed E-state index contributed by atoms with van der Waals surface area (Å²) < 4.78 is 102. The smallest absolute Gasteiger partial charge is 1.00 e. The molecule has 18 heteroatoms. The summed E-state index contributed by atoms with van der Waals surface area (Å²) in [5, 5.41) is 0. The molecule has 0 saturated carbocycles. The molecule has 0 bridgehead atoms. The third-order valence-electron chi connectivity index (χ3n) is 0. The second kappa shape index (κ2) is 15.7. The van der Waals surface area contributed by atoms with Crippen LogP contribution in [0.2, 0.25) is 0 Å². The molecule has 0 aromatic rings. The van der Waals surface area contributed by atoms with Crippen LogP contribution < -0.4 is 51.4 Å². The van der Waals surface area contributed by atoms with Crippen LogP contribution in [0.15, 0.2) is 0 Å². The molecule has 98 valence electrons. The van der Waals surface area contributed by atoms with Gasteiger partial charge in [-0.3, -0.25) is 25.3 Å². The first-order valence-corrected chi connectivity index (χ1v) is 6.00. The molecule has 0 aromatic heterocycles. The molecule has 0 radical (unpaired) electrons. The molecule has 0 aromatic carbocycles. The summed E-state index contributed by atoms with van der Waals surface area (Å²) in [5.74, 6) is 0. The minimum Gasteiger partial charge on any atom is -1.00 e. The quantitative estimate of drug-likeness (QED) is 0.215. The van der Waals surface area contributed by atoms with E-state index >= 15 is 0 Å². The molecule has 0 saturated heterocycles. The van der Waals surface area contributed by atoms with Crippen molar-refractivity contribution in [2.45, 2.75) is 0 Å². The van der Waals surface area contributed by atoms with E-state index in [9.17, 15) is 0 Å². The van der Waals surface area contributed by atoms with Crippen LogP contribution in [0.4, 0.5) is 0 Å². The summed E-state index contributed by atoms with van der Waals surface area (Å²) in [6.07, 6.45) is 0. The van der Waals surface area contributed by atoms with E-state index in [-0.39, 0.29) is 87.5 Å². The molecule has 0 aliphatic carbocycles. The molecule has 0 aliphatic heterocycles. The van der Waals surface area contributed by atoms with Crippen molar-refractivity contribution in [3.05, 3.63) is 0 Å². The third-order valence-corrected chi connectivity index (χ3v) is 0. The van der Waals surface area contributed by atoms with Crippen LogP contribution in [-0.2, 0) is 31.2 Å². The SMILES string of the molecule is O=S(=O)([O-])[O-].O=S(=O)([O-])[O-].O=S(=O)([O-])[O-].[Al+3].[Al+3].[H-].[K+]. The Morgan fingerprint density at radius 3 is 0.500 bits per heavy atom. The zero-order valence-electron chi connectivity index (χ0n) is 9.28. The van der Waals surface area contributed by atoms with Crippen LogP contribution >= 0.6 is 0 Å². The van der Waals surface area contributed by atoms with Gasteiger partial charge in [0.2, 0.25) is 0 Å². The molecule has 0 spiro atoms. The molecule has 18 heavy (non-hydrogen) atoms. The van der Waals surface area contributed by atoms with Gasteiger partial charge in [-0.15, -0.1) is 0 Å². The molecule has 0 unspecified atom stereocenters. The first-order chi connectivity index (χ1) is 6.00. The molecule has 0 amide bonds. The van der Waals surface area contributed by atoms with Crippen molar-refractivity contribution in [1.29, 1.82) is 0 Å². The van der Waals surface area contributed by atoms with Gasteiger partial charge < -0.3 is 28.7 Å². The van der Waals surface area contributed by atoms with Gasteiger partial charge in [-0.2, -0.15) is 0 Å². The maximum Gasteiger partial charge on any atom is 3.00 e. The van der Waals surface area contributed by atoms with Crippen molar-refractivity contribution in [2.24, 2.45) is 0 Å². The van der Waals surface area contributed by atoms with Crippen molar-refractivity contribution in [3.8, 4) is 0 Å². The standard InChI is InChI=1S/2Al.K.3H2O4S.H/c;;;3*1-5(2,3)4;/h;;;3*(H2,1,2,3,4);/q2*+3;+1;;;;-1/p-6. The molecular weight excluding hydrogens is 381 g/mol. The van der Waals surface area contributed by atoms with Gasteiger partial charge in [0.15, 0.2) is 0 Å². The Bertz CT molecular complexity index is 352. The zero-order valence-corrected chi connectivity index (χ0v) is 16.2. The second-order valence-corrected chi connectivity index (χ2v) is 3.67. The van der Waals surface area contributed by atoms with Crippen molar-refractivity contribution < 1.29 is 105 Å². The van der Waals surface area contributed by atoms with E-state index in [4.69, 9.17) is 52.6 Å². The van der Waals surface area contributed by atoms with E-state index in [0.717, 1.165) is 0 Å². The van der Waals surface area contributed by atoms with E-state index in [1.54, 1.807) is 0 Å². The van der Waals surface area contributed by atoms with E-state index < -0.39 is 31.2 Å². The molecule has 0 fully saturated rings. The van der Waals surface area contributed by atoms with Gasteiger partial charge in [0.25, 0.3) is 0 Å². The number of hydrogen-bond donors (Lipinski definition) is 0. The Kier molecular flexibility index (Phi) is 32.2. The molecule has 0 rings (SSSR count). The Labute approximate surface area is 168 Å². The Morgan fingerprint density at radius 1 is 0.500 bits per heavy atom. The van der Waals surface area contributed by atoms with Gasteiger partial charge in [-0.25, -0.2) is 0 Å². The van der Waals surface area contributed by atoms with E-state index in [1.807, 2.05) is 0 Å². The predicted molar refractivity (Wildman–Crippen MR) is 44.0 cm³/mol. The molecule has 0 N–H and O–H groups in total. The first-order valence-electron chi connectivity index (χ1n) is 2.00. The summed E-state index contributed by atoms with van der Waals surface area (Å²) in [4.78, 5) is 0. The average molecular weight is 382 g/mol.